The summed E-state index contributed by atoms with van der Waals surface area (Å²) in [5.74, 6) is -13.2. The summed E-state index contributed by atoms with van der Waals surface area (Å²) in [4.78, 5) is 3.72. The highest BCUT2D eigenvalue weighted by molar-refractivity contribution is 5.80. The molecular formula is C15H10F10N4. The largest absolute Gasteiger partial charge is 0.460 e. The second kappa shape index (κ2) is 6.91. The number of hydrogen-bond acceptors (Lipinski definition) is 3. The van der Waals surface area contributed by atoms with Crippen LogP contribution in [0.3, 0.4) is 0 Å². The molecule has 160 valence electrons. The van der Waals surface area contributed by atoms with Gasteiger partial charge in [-0.05, 0) is 24.6 Å². The number of aromatic nitrogens is 2. The molecular weight excluding hydrogens is 426 g/mol. The fraction of sp³-hybridized carbons (Fsp3) is 0.333. The van der Waals surface area contributed by atoms with Gasteiger partial charge in [0, 0.05) is 5.56 Å². The Labute approximate surface area is 155 Å². The summed E-state index contributed by atoms with van der Waals surface area (Å²) >= 11 is 0. The molecule has 0 amide bonds. The van der Waals surface area contributed by atoms with Crippen LogP contribution in [0.1, 0.15) is 22.4 Å². The Morgan fingerprint density at radius 2 is 1.55 bits per heavy atom. The summed E-state index contributed by atoms with van der Waals surface area (Å²) in [6.45, 7) is 1.50. The van der Waals surface area contributed by atoms with Crippen molar-refractivity contribution in [1.82, 2.24) is 9.66 Å². The molecule has 0 saturated heterocycles. The van der Waals surface area contributed by atoms with Crippen LogP contribution >= 0.6 is 0 Å². The van der Waals surface area contributed by atoms with Crippen molar-refractivity contribution in [2.45, 2.75) is 31.1 Å². The number of hydrogen-bond donors (Lipinski definition) is 1. The standard InChI is InChI=1S/C15H10F10N4/c1-7-6-29(11(26)28-7)27-5-8-2-3-9(13(18,19)20)10(4-8)12(16,17)14(21,22)15(23,24)25/h2-6H,1H3,(H2,26,28). The molecule has 1 aromatic heterocycles. The number of anilines is 1. The maximum absolute atomic E-state index is 14.0. The lowest BCUT2D eigenvalue weighted by molar-refractivity contribution is -0.360. The van der Waals surface area contributed by atoms with Crippen LogP contribution in [-0.2, 0) is 12.1 Å². The summed E-state index contributed by atoms with van der Waals surface area (Å²) in [6.07, 6.45) is -10.5. The van der Waals surface area contributed by atoms with Gasteiger partial charge < -0.3 is 5.73 Å². The second-order valence-electron chi connectivity index (χ2n) is 5.78. The van der Waals surface area contributed by atoms with E-state index >= 15 is 0 Å². The maximum Gasteiger partial charge on any atom is 0.460 e. The molecule has 2 aromatic rings. The maximum atomic E-state index is 14.0. The van der Waals surface area contributed by atoms with Crippen molar-refractivity contribution >= 4 is 12.2 Å². The van der Waals surface area contributed by atoms with Crippen LogP contribution in [0, 0.1) is 6.92 Å². The Balaban J connectivity index is 2.63. The Hall–Kier alpha value is -2.80. The zero-order valence-corrected chi connectivity index (χ0v) is 14.1. The first kappa shape index (κ1) is 22.5. The minimum Gasteiger partial charge on any atom is -0.368 e. The van der Waals surface area contributed by atoms with Crippen LogP contribution in [0.25, 0.3) is 0 Å². The molecule has 14 heteroatoms. The van der Waals surface area contributed by atoms with Gasteiger partial charge >= 0.3 is 24.2 Å². The fourth-order valence-electron chi connectivity index (χ4n) is 2.22. The smallest absolute Gasteiger partial charge is 0.368 e. The first-order chi connectivity index (χ1) is 13.0. The van der Waals surface area contributed by atoms with Crippen LogP contribution in [0.2, 0.25) is 0 Å². The van der Waals surface area contributed by atoms with Crippen LogP contribution in [0.4, 0.5) is 49.9 Å². The van der Waals surface area contributed by atoms with Crippen molar-refractivity contribution in [3.63, 3.8) is 0 Å². The summed E-state index contributed by atoms with van der Waals surface area (Å²) in [6, 6.07) is 0.378. The predicted molar refractivity (Wildman–Crippen MR) is 80.7 cm³/mol. The van der Waals surface area contributed by atoms with Gasteiger partial charge in [0.1, 0.15) is 0 Å². The van der Waals surface area contributed by atoms with Gasteiger partial charge in [0.05, 0.1) is 23.7 Å². The summed E-state index contributed by atoms with van der Waals surface area (Å²) < 4.78 is 132. The molecule has 0 bridgehead atoms. The van der Waals surface area contributed by atoms with Crippen LogP contribution in [-0.4, -0.2) is 28.0 Å². The third-order valence-corrected chi connectivity index (χ3v) is 3.60. The van der Waals surface area contributed by atoms with Gasteiger partial charge in [-0.25, -0.2) is 9.66 Å². The van der Waals surface area contributed by atoms with Gasteiger partial charge in [-0.2, -0.15) is 49.0 Å². The number of benzene rings is 1. The second-order valence-corrected chi connectivity index (χ2v) is 5.78. The Bertz CT molecular complexity index is 924. The Morgan fingerprint density at radius 1 is 0.966 bits per heavy atom. The van der Waals surface area contributed by atoms with E-state index in [-0.39, 0.29) is 18.1 Å². The molecule has 4 nitrogen and oxygen atoms in total. The average molecular weight is 436 g/mol. The van der Waals surface area contributed by atoms with E-state index in [1.165, 1.54) is 13.1 Å². The van der Waals surface area contributed by atoms with Crippen molar-refractivity contribution < 1.29 is 43.9 Å². The van der Waals surface area contributed by atoms with Crippen molar-refractivity contribution in [3.05, 3.63) is 46.8 Å². The van der Waals surface area contributed by atoms with E-state index in [0.717, 1.165) is 4.68 Å². The highest BCUT2D eigenvalue weighted by Crippen LogP contribution is 2.54. The normalized spacial score (nSPS) is 14.0. The van der Waals surface area contributed by atoms with Crippen LogP contribution in [0.5, 0.6) is 0 Å². The molecule has 1 heterocycles. The zero-order chi connectivity index (χ0) is 22.4. The number of nitrogens with two attached hydrogens (primary N) is 1. The summed E-state index contributed by atoms with van der Waals surface area (Å²) in [5, 5.41) is 3.59. The predicted octanol–water partition coefficient (Wildman–Crippen LogP) is 4.96. The Kier molecular flexibility index (Phi) is 5.36. The molecule has 0 aliphatic rings. The molecule has 0 saturated carbocycles. The molecule has 0 radical (unpaired) electrons. The molecule has 0 fully saturated rings. The van der Waals surface area contributed by atoms with Gasteiger partial charge in [-0.3, -0.25) is 0 Å². The number of nitrogens with zero attached hydrogens (tertiary/aromatic N) is 3. The molecule has 0 spiro atoms. The average Bonchev–Trinajstić information content (AvgIpc) is 2.88. The third kappa shape index (κ3) is 4.15. The van der Waals surface area contributed by atoms with Crippen molar-refractivity contribution in [3.8, 4) is 0 Å². The number of aryl methyl sites for hydroxylation is 1. The zero-order valence-electron chi connectivity index (χ0n) is 14.1. The molecule has 0 aliphatic carbocycles. The molecule has 29 heavy (non-hydrogen) atoms. The van der Waals surface area contributed by atoms with E-state index in [1.54, 1.807) is 0 Å². The van der Waals surface area contributed by atoms with Gasteiger partial charge in [-0.1, -0.05) is 6.07 Å². The highest BCUT2D eigenvalue weighted by atomic mass is 19.4. The van der Waals surface area contributed by atoms with Gasteiger partial charge in [0.15, 0.2) is 0 Å². The SMILES string of the molecule is Cc1cn(N=Cc2ccc(C(F)(F)F)c(C(F)(F)C(F)(F)C(F)(F)F)c2)c(N)n1. The van der Waals surface area contributed by atoms with Crippen molar-refractivity contribution in [2.24, 2.45) is 5.10 Å². The number of rotatable bonds is 4. The number of alkyl halides is 10. The van der Waals surface area contributed by atoms with Gasteiger partial charge in [0.2, 0.25) is 5.95 Å². The van der Waals surface area contributed by atoms with E-state index in [0.29, 0.717) is 18.0 Å². The van der Waals surface area contributed by atoms with Gasteiger partial charge in [0.25, 0.3) is 0 Å². The fourth-order valence-corrected chi connectivity index (χ4v) is 2.22. The van der Waals surface area contributed by atoms with Crippen LogP contribution < -0.4 is 5.73 Å². The van der Waals surface area contributed by atoms with E-state index in [2.05, 4.69) is 10.1 Å². The van der Waals surface area contributed by atoms with Gasteiger partial charge in [-0.15, -0.1) is 0 Å². The molecule has 2 rings (SSSR count). The van der Waals surface area contributed by atoms with E-state index < -0.39 is 40.9 Å². The monoisotopic (exact) mass is 436 g/mol. The number of imidazole rings is 1. The van der Waals surface area contributed by atoms with Crippen molar-refractivity contribution in [2.75, 3.05) is 5.73 Å². The van der Waals surface area contributed by atoms with E-state index in [4.69, 9.17) is 5.73 Å². The molecule has 0 atom stereocenters. The van der Waals surface area contributed by atoms with E-state index in [1.807, 2.05) is 0 Å². The summed E-state index contributed by atoms with van der Waals surface area (Å²) in [5.41, 5.74) is 0.291. The molecule has 0 unspecified atom stereocenters. The first-order valence-corrected chi connectivity index (χ1v) is 7.38. The Morgan fingerprint density at radius 3 is 2.00 bits per heavy atom. The quantitative estimate of drug-likeness (QED) is 0.544. The number of nitrogen functional groups attached to an aromatic ring is 1. The van der Waals surface area contributed by atoms with Crippen molar-refractivity contribution in [1.29, 1.82) is 0 Å². The third-order valence-electron chi connectivity index (χ3n) is 3.60. The number of halogens is 10. The highest BCUT2D eigenvalue weighted by Gasteiger charge is 2.74. The topological polar surface area (TPSA) is 56.2 Å². The lowest BCUT2D eigenvalue weighted by atomic mass is 9.94. The minimum atomic E-state index is -6.80. The first-order valence-electron chi connectivity index (χ1n) is 7.38. The van der Waals surface area contributed by atoms with Crippen LogP contribution in [0.15, 0.2) is 29.5 Å². The molecule has 0 aliphatic heterocycles. The minimum absolute atomic E-state index is 0.0421. The molecule has 2 N–H and O–H groups in total. The lowest BCUT2D eigenvalue weighted by Crippen LogP contribution is -2.50. The molecule has 1 aromatic carbocycles. The van der Waals surface area contributed by atoms with E-state index in [9.17, 15) is 43.9 Å². The summed E-state index contributed by atoms with van der Waals surface area (Å²) in [7, 11) is 0. The lowest BCUT2D eigenvalue weighted by Gasteiger charge is -2.30.